The minimum Gasteiger partial charge on any atom is -0.369 e. The number of anilines is 2. The predicted molar refractivity (Wildman–Crippen MR) is 81.2 cm³/mol. The molecule has 0 atom stereocenters. The van der Waals surface area contributed by atoms with Crippen LogP contribution < -0.4 is 10.2 Å². The molecule has 0 aliphatic heterocycles. The van der Waals surface area contributed by atoms with Crippen LogP contribution in [0.15, 0.2) is 6.07 Å². The summed E-state index contributed by atoms with van der Waals surface area (Å²) in [5.74, 6) is 1.52. The van der Waals surface area contributed by atoms with Crippen LogP contribution in [0.3, 0.4) is 0 Å². The van der Waals surface area contributed by atoms with Crippen molar-refractivity contribution in [3.05, 3.63) is 16.1 Å². The zero-order valence-electron chi connectivity index (χ0n) is 11.3. The zero-order chi connectivity index (χ0) is 13.5. The molecule has 1 heterocycles. The first-order chi connectivity index (χ1) is 8.63. The highest BCUT2D eigenvalue weighted by Gasteiger charge is 2.14. The molecule has 0 saturated heterocycles. The van der Waals surface area contributed by atoms with Crippen molar-refractivity contribution in [3.63, 3.8) is 0 Å². The number of aromatic nitrogens is 1. The normalized spacial score (nSPS) is 10.5. The van der Waals surface area contributed by atoms with E-state index in [0.29, 0.717) is 15.9 Å². The monoisotopic (exact) mass is 289 g/mol. The van der Waals surface area contributed by atoms with Crippen LogP contribution in [-0.4, -0.2) is 24.6 Å². The van der Waals surface area contributed by atoms with Gasteiger partial charge in [0.1, 0.15) is 11.6 Å². The molecule has 0 amide bonds. The van der Waals surface area contributed by atoms with Gasteiger partial charge in [-0.2, -0.15) is 0 Å². The summed E-state index contributed by atoms with van der Waals surface area (Å²) in [7, 11) is 0. The fourth-order valence-electron chi connectivity index (χ4n) is 1.83. The average molecular weight is 290 g/mol. The van der Waals surface area contributed by atoms with Crippen molar-refractivity contribution >= 4 is 34.8 Å². The molecule has 0 saturated carbocycles. The van der Waals surface area contributed by atoms with E-state index in [0.717, 1.165) is 38.3 Å². The van der Waals surface area contributed by atoms with E-state index in [1.807, 2.05) is 6.92 Å². The van der Waals surface area contributed by atoms with Crippen molar-refractivity contribution in [2.45, 2.75) is 33.6 Å². The van der Waals surface area contributed by atoms with Crippen molar-refractivity contribution in [1.29, 1.82) is 0 Å². The van der Waals surface area contributed by atoms with E-state index in [4.69, 9.17) is 23.2 Å². The van der Waals surface area contributed by atoms with Gasteiger partial charge in [0.25, 0.3) is 0 Å². The topological polar surface area (TPSA) is 28.2 Å². The Hall–Kier alpha value is -0.670. The molecule has 1 aromatic heterocycles. The Morgan fingerprint density at radius 3 is 2.22 bits per heavy atom. The molecule has 0 radical (unpaired) electrons. The maximum atomic E-state index is 6.25. The molecule has 0 unspecified atom stereocenters. The molecule has 5 heteroatoms. The summed E-state index contributed by atoms with van der Waals surface area (Å²) in [4.78, 5) is 6.76. The maximum Gasteiger partial charge on any atom is 0.149 e. The van der Waals surface area contributed by atoms with Gasteiger partial charge >= 0.3 is 0 Å². The van der Waals surface area contributed by atoms with Gasteiger partial charge in [0.2, 0.25) is 0 Å². The van der Waals surface area contributed by atoms with Gasteiger partial charge in [0.05, 0.1) is 10.0 Å². The van der Waals surface area contributed by atoms with Crippen LogP contribution in [0, 0.1) is 0 Å². The molecule has 0 aromatic carbocycles. The van der Waals surface area contributed by atoms with Gasteiger partial charge in [-0.05, 0) is 25.8 Å². The number of pyridine rings is 1. The number of rotatable bonds is 7. The molecule has 18 heavy (non-hydrogen) atoms. The first kappa shape index (κ1) is 15.4. The van der Waals surface area contributed by atoms with Crippen LogP contribution in [0.1, 0.15) is 33.6 Å². The summed E-state index contributed by atoms with van der Waals surface area (Å²) in [6, 6.07) is 1.77. The third-order valence-electron chi connectivity index (χ3n) is 2.54. The predicted octanol–water partition coefficient (Wildman–Crippen LogP) is 4.45. The molecule has 0 aliphatic rings. The van der Waals surface area contributed by atoms with E-state index in [9.17, 15) is 0 Å². The molecule has 1 rings (SSSR count). The maximum absolute atomic E-state index is 6.25. The Labute approximate surface area is 119 Å². The second kappa shape index (κ2) is 7.70. The van der Waals surface area contributed by atoms with Gasteiger partial charge in [-0.15, -0.1) is 0 Å². The van der Waals surface area contributed by atoms with Gasteiger partial charge in [-0.3, -0.25) is 0 Å². The van der Waals surface area contributed by atoms with E-state index < -0.39 is 0 Å². The van der Waals surface area contributed by atoms with Gasteiger partial charge in [-0.25, -0.2) is 4.98 Å². The molecule has 1 aromatic rings. The third-order valence-corrected chi connectivity index (χ3v) is 3.11. The van der Waals surface area contributed by atoms with E-state index in [1.54, 1.807) is 6.07 Å². The fraction of sp³-hybridized carbons (Fsp3) is 0.615. The fourth-order valence-corrected chi connectivity index (χ4v) is 2.38. The highest BCUT2D eigenvalue weighted by Crippen LogP contribution is 2.31. The van der Waals surface area contributed by atoms with Crippen LogP contribution >= 0.6 is 23.2 Å². The number of nitrogens with one attached hydrogen (secondary N) is 1. The number of nitrogens with zero attached hydrogens (tertiary/aromatic N) is 2. The van der Waals surface area contributed by atoms with Gasteiger partial charge in [-0.1, -0.05) is 37.0 Å². The summed E-state index contributed by atoms with van der Waals surface area (Å²) < 4.78 is 0. The van der Waals surface area contributed by atoms with Gasteiger partial charge < -0.3 is 10.2 Å². The SMILES string of the molecule is CCCN(CCC)c1nc(NCC)c(Cl)cc1Cl. The Kier molecular flexibility index (Phi) is 6.58. The molecule has 0 fully saturated rings. The lowest BCUT2D eigenvalue weighted by atomic mass is 10.3. The molecule has 0 bridgehead atoms. The third kappa shape index (κ3) is 3.92. The molecular weight excluding hydrogens is 269 g/mol. The van der Waals surface area contributed by atoms with Crippen molar-refractivity contribution in [3.8, 4) is 0 Å². The summed E-state index contributed by atoms with van der Waals surface area (Å²) in [6.07, 6.45) is 2.13. The smallest absolute Gasteiger partial charge is 0.149 e. The summed E-state index contributed by atoms with van der Waals surface area (Å²) in [5, 5.41) is 4.34. The molecule has 1 N–H and O–H groups in total. The number of halogens is 2. The van der Waals surface area contributed by atoms with Gasteiger partial charge in [0, 0.05) is 19.6 Å². The molecule has 0 aliphatic carbocycles. The first-order valence-electron chi connectivity index (χ1n) is 6.48. The Morgan fingerprint density at radius 2 is 1.72 bits per heavy atom. The summed E-state index contributed by atoms with van der Waals surface area (Å²) >= 11 is 12.4. The van der Waals surface area contributed by atoms with E-state index in [-0.39, 0.29) is 0 Å². The average Bonchev–Trinajstić information content (AvgIpc) is 2.33. The lowest BCUT2D eigenvalue weighted by Gasteiger charge is -2.24. The van der Waals surface area contributed by atoms with E-state index in [2.05, 4.69) is 29.0 Å². The molecule has 0 spiro atoms. The minimum absolute atomic E-state index is 0.568. The van der Waals surface area contributed by atoms with Crippen LogP contribution in [0.5, 0.6) is 0 Å². The zero-order valence-corrected chi connectivity index (χ0v) is 12.8. The van der Waals surface area contributed by atoms with Crippen molar-refractivity contribution in [1.82, 2.24) is 4.98 Å². The van der Waals surface area contributed by atoms with Crippen molar-refractivity contribution < 1.29 is 0 Å². The van der Waals surface area contributed by atoms with E-state index >= 15 is 0 Å². The first-order valence-corrected chi connectivity index (χ1v) is 7.24. The second-order valence-corrected chi connectivity index (χ2v) is 4.96. The molecular formula is C13H21Cl2N3. The van der Waals surface area contributed by atoms with Crippen LogP contribution in [0.25, 0.3) is 0 Å². The lowest BCUT2D eigenvalue weighted by molar-refractivity contribution is 0.735. The van der Waals surface area contributed by atoms with Gasteiger partial charge in [0.15, 0.2) is 0 Å². The quantitative estimate of drug-likeness (QED) is 0.804. The second-order valence-electron chi connectivity index (χ2n) is 4.14. The summed E-state index contributed by atoms with van der Waals surface area (Å²) in [6.45, 7) is 9.01. The highest BCUT2D eigenvalue weighted by atomic mass is 35.5. The van der Waals surface area contributed by atoms with Crippen LogP contribution in [-0.2, 0) is 0 Å². The minimum atomic E-state index is 0.568. The molecule has 3 nitrogen and oxygen atoms in total. The number of hydrogen-bond donors (Lipinski definition) is 1. The number of hydrogen-bond acceptors (Lipinski definition) is 3. The largest absolute Gasteiger partial charge is 0.369 e. The van der Waals surface area contributed by atoms with Crippen molar-refractivity contribution in [2.75, 3.05) is 29.9 Å². The standard InChI is InChI=1S/C13H21Cl2N3/c1-4-7-18(8-5-2)13-11(15)9-10(14)12(17-13)16-6-3/h9H,4-8H2,1-3H3,(H,16,17). The lowest BCUT2D eigenvalue weighted by Crippen LogP contribution is -2.26. The Balaban J connectivity index is 3.07. The van der Waals surface area contributed by atoms with Crippen LogP contribution in [0.4, 0.5) is 11.6 Å². The Morgan fingerprint density at radius 1 is 1.11 bits per heavy atom. The molecule has 102 valence electrons. The van der Waals surface area contributed by atoms with Crippen LogP contribution in [0.2, 0.25) is 10.0 Å². The van der Waals surface area contributed by atoms with E-state index in [1.165, 1.54) is 0 Å². The Bertz CT molecular complexity index is 377. The summed E-state index contributed by atoms with van der Waals surface area (Å²) in [5.41, 5.74) is 0. The van der Waals surface area contributed by atoms with Crippen molar-refractivity contribution in [2.24, 2.45) is 0 Å². The highest BCUT2D eigenvalue weighted by molar-refractivity contribution is 6.37.